The number of carbonyl (C=O) groups excluding carboxylic acids is 2. The van der Waals surface area contributed by atoms with Crippen molar-refractivity contribution < 1.29 is 14.0 Å². The maximum absolute atomic E-state index is 12.4. The van der Waals surface area contributed by atoms with E-state index in [1.807, 2.05) is 45.9 Å². The summed E-state index contributed by atoms with van der Waals surface area (Å²) < 4.78 is 5.22. The van der Waals surface area contributed by atoms with E-state index in [9.17, 15) is 9.59 Å². The molecule has 0 saturated carbocycles. The van der Waals surface area contributed by atoms with E-state index >= 15 is 0 Å². The van der Waals surface area contributed by atoms with Gasteiger partial charge in [-0.2, -0.15) is 0 Å². The lowest BCUT2D eigenvalue weighted by Crippen LogP contribution is -2.48. The molecule has 0 bridgehead atoms. The molecule has 0 fully saturated rings. The Balaban J connectivity index is 0.00000480. The van der Waals surface area contributed by atoms with E-state index in [1.165, 1.54) is 0 Å². The van der Waals surface area contributed by atoms with E-state index in [-0.39, 0.29) is 47.9 Å². The Morgan fingerprint density at radius 3 is 2.48 bits per heavy atom. The average molecular weight is 541 g/mol. The summed E-state index contributed by atoms with van der Waals surface area (Å²) in [5, 5.41) is 11.9. The minimum Gasteiger partial charge on any atom is -0.467 e. The molecule has 2 aromatic rings. The highest BCUT2D eigenvalue weighted by atomic mass is 127. The predicted molar refractivity (Wildman–Crippen MR) is 132 cm³/mol. The number of hydrogen-bond donors (Lipinski definition) is 4. The first-order valence-corrected chi connectivity index (χ1v) is 9.99. The van der Waals surface area contributed by atoms with E-state index in [4.69, 9.17) is 4.42 Å². The van der Waals surface area contributed by atoms with Crippen LogP contribution in [-0.2, 0) is 17.9 Å². The van der Waals surface area contributed by atoms with Crippen molar-refractivity contribution in [3.63, 3.8) is 0 Å². The number of halogens is 1. The lowest BCUT2D eigenvalue weighted by molar-refractivity contribution is -0.121. The largest absolute Gasteiger partial charge is 0.467 e. The van der Waals surface area contributed by atoms with Gasteiger partial charge < -0.3 is 25.7 Å². The molecular formula is C22H32IN5O3. The van der Waals surface area contributed by atoms with Crippen molar-refractivity contribution in [3.8, 4) is 0 Å². The summed E-state index contributed by atoms with van der Waals surface area (Å²) in [5.41, 5.74) is 1.15. The highest BCUT2D eigenvalue weighted by Crippen LogP contribution is 2.08. The van der Waals surface area contributed by atoms with Gasteiger partial charge in [-0.15, -0.1) is 24.0 Å². The number of rotatable bonds is 8. The van der Waals surface area contributed by atoms with E-state index in [0.29, 0.717) is 36.9 Å². The molecule has 0 aliphatic carbocycles. The minimum atomic E-state index is -0.286. The third kappa shape index (κ3) is 10.3. The van der Waals surface area contributed by atoms with E-state index in [1.54, 1.807) is 24.5 Å². The van der Waals surface area contributed by atoms with E-state index in [2.05, 4.69) is 26.3 Å². The van der Waals surface area contributed by atoms with Crippen LogP contribution >= 0.6 is 24.0 Å². The molecule has 0 aliphatic rings. The molecule has 0 spiro atoms. The third-order valence-corrected chi connectivity index (χ3v) is 3.89. The van der Waals surface area contributed by atoms with Crippen molar-refractivity contribution in [3.05, 3.63) is 59.5 Å². The van der Waals surface area contributed by atoms with Gasteiger partial charge in [-0.3, -0.25) is 9.59 Å². The van der Waals surface area contributed by atoms with Gasteiger partial charge in [0.1, 0.15) is 5.76 Å². The monoisotopic (exact) mass is 541 g/mol. The smallest absolute Gasteiger partial charge is 0.251 e. The van der Waals surface area contributed by atoms with Crippen molar-refractivity contribution in [2.24, 2.45) is 4.99 Å². The van der Waals surface area contributed by atoms with Gasteiger partial charge in [0, 0.05) is 17.6 Å². The van der Waals surface area contributed by atoms with Crippen LogP contribution in [0.4, 0.5) is 0 Å². The topological polar surface area (TPSA) is 108 Å². The lowest BCUT2D eigenvalue weighted by atomic mass is 10.1. The van der Waals surface area contributed by atoms with Crippen molar-refractivity contribution in [2.45, 2.75) is 46.3 Å². The van der Waals surface area contributed by atoms with Gasteiger partial charge in [0.15, 0.2) is 5.96 Å². The maximum Gasteiger partial charge on any atom is 0.251 e. The number of nitrogens with zero attached hydrogens (tertiary/aromatic N) is 1. The quantitative estimate of drug-likeness (QED) is 0.234. The van der Waals surface area contributed by atoms with Gasteiger partial charge in [-0.05, 0) is 57.5 Å². The molecule has 1 aromatic heterocycles. The Morgan fingerprint density at radius 1 is 1.06 bits per heavy atom. The second kappa shape index (κ2) is 13.0. The Morgan fingerprint density at radius 2 is 1.84 bits per heavy atom. The van der Waals surface area contributed by atoms with Gasteiger partial charge in [-0.1, -0.05) is 12.1 Å². The van der Waals surface area contributed by atoms with Crippen LogP contribution in [0.2, 0.25) is 0 Å². The molecular weight excluding hydrogens is 509 g/mol. The number of aliphatic imine (C=N–C) groups is 1. The van der Waals surface area contributed by atoms with Crippen LogP contribution in [0.3, 0.4) is 0 Å². The van der Waals surface area contributed by atoms with Crippen molar-refractivity contribution in [1.82, 2.24) is 21.3 Å². The zero-order chi connectivity index (χ0) is 22.0. The summed E-state index contributed by atoms with van der Waals surface area (Å²) in [4.78, 5) is 28.9. The fourth-order valence-electron chi connectivity index (χ4n) is 2.63. The molecule has 0 aliphatic heterocycles. The second-order valence-electron chi connectivity index (χ2n) is 7.81. The van der Waals surface area contributed by atoms with E-state index in [0.717, 1.165) is 5.56 Å². The molecule has 0 unspecified atom stereocenters. The molecule has 4 N–H and O–H groups in total. The first-order chi connectivity index (χ1) is 14.3. The van der Waals surface area contributed by atoms with Gasteiger partial charge in [-0.25, -0.2) is 4.99 Å². The van der Waals surface area contributed by atoms with Gasteiger partial charge in [0.25, 0.3) is 5.91 Å². The molecule has 0 atom stereocenters. The summed E-state index contributed by atoms with van der Waals surface area (Å²) in [6.45, 7) is 9.25. The minimum absolute atomic E-state index is 0. The first kappa shape index (κ1) is 26.5. The third-order valence-electron chi connectivity index (χ3n) is 3.89. The summed E-state index contributed by atoms with van der Waals surface area (Å²) in [6, 6.07) is 10.9. The second-order valence-corrected chi connectivity index (χ2v) is 7.81. The molecule has 2 rings (SSSR count). The normalized spacial score (nSPS) is 11.3. The number of furan rings is 1. The zero-order valence-electron chi connectivity index (χ0n) is 18.5. The van der Waals surface area contributed by atoms with E-state index < -0.39 is 0 Å². The summed E-state index contributed by atoms with van der Waals surface area (Å²) >= 11 is 0. The fraction of sp³-hybridized carbons (Fsp3) is 0.409. The van der Waals surface area contributed by atoms with Crippen LogP contribution in [0.15, 0.2) is 52.1 Å². The maximum atomic E-state index is 12.4. The predicted octanol–water partition coefficient (Wildman–Crippen LogP) is 2.80. The van der Waals surface area contributed by atoms with Crippen LogP contribution in [-0.4, -0.2) is 36.4 Å². The van der Waals surface area contributed by atoms with Crippen molar-refractivity contribution in [1.29, 1.82) is 0 Å². The molecule has 0 radical (unpaired) electrons. The van der Waals surface area contributed by atoms with Gasteiger partial charge in [0.05, 0.1) is 25.9 Å². The Hall–Kier alpha value is -2.56. The van der Waals surface area contributed by atoms with Crippen LogP contribution in [0.5, 0.6) is 0 Å². The van der Waals surface area contributed by atoms with Crippen LogP contribution < -0.4 is 21.3 Å². The van der Waals surface area contributed by atoms with Crippen molar-refractivity contribution >= 4 is 41.8 Å². The molecule has 2 amide bonds. The highest BCUT2D eigenvalue weighted by molar-refractivity contribution is 14.0. The lowest BCUT2D eigenvalue weighted by Gasteiger charge is -2.21. The number of amides is 2. The van der Waals surface area contributed by atoms with Crippen molar-refractivity contribution in [2.75, 3.05) is 13.1 Å². The Labute approximate surface area is 200 Å². The Bertz CT molecular complexity index is 860. The number of guanidine groups is 1. The van der Waals surface area contributed by atoms with Crippen LogP contribution in [0.25, 0.3) is 0 Å². The molecule has 1 heterocycles. The number of hydrogen-bond acceptors (Lipinski definition) is 4. The molecule has 0 saturated heterocycles. The summed E-state index contributed by atoms with van der Waals surface area (Å²) in [7, 11) is 0. The molecule has 31 heavy (non-hydrogen) atoms. The molecule has 1 aromatic carbocycles. The Kier molecular flexibility index (Phi) is 11.1. The molecule has 170 valence electrons. The molecule has 9 heteroatoms. The number of carbonyl (C=O) groups is 2. The van der Waals surface area contributed by atoms with Crippen LogP contribution in [0, 0.1) is 0 Å². The average Bonchev–Trinajstić information content (AvgIpc) is 3.21. The summed E-state index contributed by atoms with van der Waals surface area (Å²) in [6.07, 6.45) is 1.57. The van der Waals surface area contributed by atoms with Gasteiger partial charge in [0.2, 0.25) is 5.91 Å². The zero-order valence-corrected chi connectivity index (χ0v) is 20.8. The fourth-order valence-corrected chi connectivity index (χ4v) is 2.63. The number of benzene rings is 1. The standard InChI is InChI=1S/C22H31N5O3.HI/c1-5-23-21(26-15-19(28)27-22(2,3)4)25-13-16-8-6-9-17(12-16)20(29)24-14-18-10-7-11-30-18;/h6-12H,5,13-15H2,1-4H3,(H,24,29)(H,27,28)(H2,23,25,26);1H. The first-order valence-electron chi connectivity index (χ1n) is 9.99. The molecule has 8 nitrogen and oxygen atoms in total. The number of nitrogens with one attached hydrogen (secondary N) is 4. The van der Waals surface area contributed by atoms with Gasteiger partial charge >= 0.3 is 0 Å². The van der Waals surface area contributed by atoms with Crippen LogP contribution in [0.1, 0.15) is 49.4 Å². The summed E-state index contributed by atoms with van der Waals surface area (Å²) in [5.74, 6) is 0.944. The SMILES string of the molecule is CCNC(=NCc1cccc(C(=O)NCc2ccco2)c1)NCC(=O)NC(C)(C)C.I. The highest BCUT2D eigenvalue weighted by Gasteiger charge is 2.13.